The van der Waals surface area contributed by atoms with E-state index in [1.165, 1.54) is 27.4 Å². The predicted molar refractivity (Wildman–Crippen MR) is 336 cm³/mol. The van der Waals surface area contributed by atoms with Gasteiger partial charge in [-0.1, -0.05) is 212 Å². The van der Waals surface area contributed by atoms with Gasteiger partial charge in [0.2, 0.25) is 0 Å². The second-order valence-electron chi connectivity index (χ2n) is 21.4. The molecule has 0 N–H and O–H groups in total. The molecule has 0 saturated heterocycles. The van der Waals surface area contributed by atoms with Gasteiger partial charge in [0.05, 0.1) is 11.4 Å². The highest BCUT2D eigenvalue weighted by molar-refractivity contribution is 7.01. The van der Waals surface area contributed by atoms with Crippen molar-refractivity contribution in [2.75, 3.05) is 9.80 Å². The van der Waals surface area contributed by atoms with E-state index in [4.69, 9.17) is 14.2 Å². The highest BCUT2D eigenvalue weighted by Gasteiger charge is 2.47. The summed E-state index contributed by atoms with van der Waals surface area (Å²) in [6.07, 6.45) is 0. The van der Waals surface area contributed by atoms with E-state index in [-0.39, 0.29) is 13.4 Å². The Balaban J connectivity index is 0.976. The van der Waals surface area contributed by atoms with Crippen LogP contribution in [0.25, 0.3) is 54.9 Å². The van der Waals surface area contributed by atoms with Crippen molar-refractivity contribution in [3.05, 3.63) is 279 Å². The van der Waals surface area contributed by atoms with Gasteiger partial charge < -0.3 is 24.0 Å². The third-order valence-corrected chi connectivity index (χ3v) is 17.0. The Morgan fingerprint density at radius 2 is 0.741 bits per heavy atom. The molecule has 0 saturated carbocycles. The monoisotopic (exact) mass is 1030 g/mol. The van der Waals surface area contributed by atoms with Gasteiger partial charge in [0.1, 0.15) is 34.5 Å². The molecule has 0 radical (unpaired) electrons. The Kier molecular flexibility index (Phi) is 10.1. The molecule has 4 heterocycles. The van der Waals surface area contributed by atoms with Crippen LogP contribution in [0, 0.1) is 0 Å². The summed E-state index contributed by atoms with van der Waals surface area (Å²) in [5, 5.41) is 4.60. The molecule has 0 unspecified atom stereocenters. The van der Waals surface area contributed by atoms with Gasteiger partial charge in [-0.25, -0.2) is 0 Å². The van der Waals surface area contributed by atoms with Crippen LogP contribution >= 0.6 is 0 Å². The zero-order chi connectivity index (χ0) is 53.1. The van der Waals surface area contributed by atoms with E-state index in [0.29, 0.717) is 0 Å². The SMILES string of the molecule is c1ccc(-c2ccccc2-c2cc3c4c(c2)Oc2cc5c(cc2B4c2ccccc2O3)B2c3ccccc3Oc3cc(N(c4ccccc4)c4ccccc4)cc(c32)N5c2c3ccccc3c(-c3ccccc3)c3ccccc23)cc1. The third-order valence-electron chi connectivity index (χ3n) is 17.0. The molecule has 376 valence electrons. The Morgan fingerprint density at radius 1 is 0.284 bits per heavy atom. The molecule has 81 heavy (non-hydrogen) atoms. The molecule has 0 amide bonds. The zero-order valence-electron chi connectivity index (χ0n) is 43.8. The first-order chi connectivity index (χ1) is 40.2. The highest BCUT2D eigenvalue weighted by atomic mass is 16.5. The smallest absolute Gasteiger partial charge is 0.260 e. The molecule has 0 fully saturated rings. The van der Waals surface area contributed by atoms with Crippen LogP contribution in [0.2, 0.25) is 0 Å². The summed E-state index contributed by atoms with van der Waals surface area (Å²) >= 11 is 0. The van der Waals surface area contributed by atoms with Crippen LogP contribution in [0.5, 0.6) is 34.5 Å². The van der Waals surface area contributed by atoms with Crippen LogP contribution in [0.4, 0.5) is 34.1 Å². The molecule has 0 bridgehead atoms. The number of fused-ring (bicyclic) bond motifs is 10. The normalized spacial score (nSPS) is 12.9. The quantitative estimate of drug-likeness (QED) is 0.117. The van der Waals surface area contributed by atoms with E-state index < -0.39 is 0 Å². The van der Waals surface area contributed by atoms with E-state index in [0.717, 1.165) is 129 Å². The van der Waals surface area contributed by atoms with E-state index in [2.05, 4.69) is 289 Å². The Morgan fingerprint density at radius 3 is 1.33 bits per heavy atom. The molecule has 0 aromatic heterocycles. The first kappa shape index (κ1) is 45.5. The summed E-state index contributed by atoms with van der Waals surface area (Å²) in [6.45, 7) is -0.391. The van der Waals surface area contributed by atoms with Gasteiger partial charge in [-0.15, -0.1) is 0 Å². The maximum Gasteiger partial charge on any atom is 0.260 e. The van der Waals surface area contributed by atoms with Crippen LogP contribution in [0.1, 0.15) is 0 Å². The molecular formula is C74H46B2N2O3. The van der Waals surface area contributed by atoms with E-state index in [9.17, 15) is 0 Å². The maximum atomic E-state index is 7.55. The van der Waals surface area contributed by atoms with Crippen LogP contribution in [-0.4, -0.2) is 13.4 Å². The molecule has 0 aliphatic carbocycles. The molecule has 0 spiro atoms. The molecule has 7 heteroatoms. The Hall–Kier alpha value is -10.5. The van der Waals surface area contributed by atoms with E-state index >= 15 is 0 Å². The number of hydrogen-bond donors (Lipinski definition) is 0. The number of para-hydroxylation sites is 4. The molecular weight excluding hydrogens is 986 g/mol. The van der Waals surface area contributed by atoms with Crippen molar-refractivity contribution in [1.82, 2.24) is 0 Å². The summed E-state index contributed by atoms with van der Waals surface area (Å²) in [6, 6.07) is 100. The van der Waals surface area contributed by atoms with Gasteiger partial charge in [0.25, 0.3) is 13.4 Å². The van der Waals surface area contributed by atoms with Gasteiger partial charge in [-0.05, 0) is 126 Å². The second-order valence-corrected chi connectivity index (χ2v) is 21.4. The van der Waals surface area contributed by atoms with Gasteiger partial charge in [0.15, 0.2) is 0 Å². The fraction of sp³-hybridized carbons (Fsp3) is 0. The minimum atomic E-state index is -0.207. The molecule has 13 aromatic carbocycles. The van der Waals surface area contributed by atoms with Crippen LogP contribution in [-0.2, 0) is 0 Å². The van der Waals surface area contributed by atoms with Crippen LogP contribution < -0.4 is 56.8 Å². The lowest BCUT2D eigenvalue weighted by molar-refractivity contribution is 0.465. The minimum Gasteiger partial charge on any atom is -0.458 e. The van der Waals surface area contributed by atoms with Crippen molar-refractivity contribution in [2.45, 2.75) is 0 Å². The highest BCUT2D eigenvalue weighted by Crippen LogP contribution is 2.52. The lowest BCUT2D eigenvalue weighted by atomic mass is 9.31. The Bertz CT molecular complexity index is 4610. The molecule has 4 aliphatic rings. The third kappa shape index (κ3) is 7.01. The summed E-state index contributed by atoms with van der Waals surface area (Å²) in [5.41, 5.74) is 19.6. The maximum absolute atomic E-state index is 7.55. The average Bonchev–Trinajstić information content (AvgIpc) is 3.22. The predicted octanol–water partition coefficient (Wildman–Crippen LogP) is 15.6. The van der Waals surface area contributed by atoms with Gasteiger partial charge in [-0.2, -0.15) is 0 Å². The summed E-state index contributed by atoms with van der Waals surface area (Å²) < 4.78 is 21.9. The van der Waals surface area contributed by atoms with Gasteiger partial charge >= 0.3 is 0 Å². The second kappa shape index (κ2) is 18.0. The van der Waals surface area contributed by atoms with Gasteiger partial charge in [-0.3, -0.25) is 0 Å². The van der Waals surface area contributed by atoms with Crippen molar-refractivity contribution < 1.29 is 14.2 Å². The van der Waals surface area contributed by atoms with Crippen LogP contribution in [0.3, 0.4) is 0 Å². The summed E-state index contributed by atoms with van der Waals surface area (Å²) in [7, 11) is 0. The van der Waals surface area contributed by atoms with Crippen molar-refractivity contribution in [3.63, 3.8) is 0 Å². The average molecular weight is 1030 g/mol. The fourth-order valence-corrected chi connectivity index (χ4v) is 13.6. The van der Waals surface area contributed by atoms with Crippen molar-refractivity contribution in [3.8, 4) is 67.9 Å². The lowest BCUT2D eigenvalue weighted by Gasteiger charge is -2.43. The molecule has 4 aliphatic heterocycles. The van der Waals surface area contributed by atoms with E-state index in [1.807, 2.05) is 0 Å². The number of anilines is 6. The number of hydrogen-bond acceptors (Lipinski definition) is 5. The number of rotatable bonds is 7. The zero-order valence-corrected chi connectivity index (χ0v) is 43.8. The molecule has 5 nitrogen and oxygen atoms in total. The molecule has 17 rings (SSSR count). The largest absolute Gasteiger partial charge is 0.458 e. The first-order valence-electron chi connectivity index (χ1n) is 27.8. The van der Waals surface area contributed by atoms with Crippen molar-refractivity contribution in [2.24, 2.45) is 0 Å². The standard InChI is InChI=1S/C74H46B2N2O3/c1-5-23-47(24-6-1)53-31-13-14-32-54(53)49-41-68-73-69(42-49)81-67-46-63-61(45-62(67)76(73)60-38-20-22-40-66(60)79-68)75-59-37-19-21-39-65(59)80-70-44-52(77(50-27-9-3-10-28-50)51-29-11-4-12-30-51)43-64(72(70)75)78(63)74-57-35-17-15-33-55(57)71(48-25-7-2-8-26-48)56-34-16-18-36-58(56)74/h1-46H. The topological polar surface area (TPSA) is 34.2 Å². The first-order valence-corrected chi connectivity index (χ1v) is 27.8. The summed E-state index contributed by atoms with van der Waals surface area (Å²) in [4.78, 5) is 4.90. The Labute approximate surface area is 470 Å². The molecule has 0 atom stereocenters. The summed E-state index contributed by atoms with van der Waals surface area (Å²) in [5.74, 6) is 4.88. The van der Waals surface area contributed by atoms with Crippen molar-refractivity contribution >= 4 is 102 Å². The van der Waals surface area contributed by atoms with E-state index in [1.54, 1.807) is 0 Å². The lowest BCUT2D eigenvalue weighted by Crippen LogP contribution is -2.62. The number of nitrogens with zero attached hydrogens (tertiary/aromatic N) is 2. The number of ether oxygens (including phenoxy) is 3. The molecule has 13 aromatic rings. The van der Waals surface area contributed by atoms with Gasteiger partial charge in [0, 0.05) is 51.1 Å². The minimum absolute atomic E-state index is 0.184. The van der Waals surface area contributed by atoms with Crippen LogP contribution in [0.15, 0.2) is 279 Å². The van der Waals surface area contributed by atoms with Crippen molar-refractivity contribution in [1.29, 1.82) is 0 Å². The number of benzene rings is 13. The fourth-order valence-electron chi connectivity index (χ4n) is 13.6.